The van der Waals surface area contributed by atoms with Crippen molar-refractivity contribution in [3.63, 3.8) is 0 Å². The van der Waals surface area contributed by atoms with Gasteiger partial charge in [0.05, 0.1) is 0 Å². The third-order valence-corrected chi connectivity index (χ3v) is 4.55. The van der Waals surface area contributed by atoms with Crippen LogP contribution in [0, 0.1) is 17.3 Å². The summed E-state index contributed by atoms with van der Waals surface area (Å²) < 4.78 is 0. The highest BCUT2D eigenvalue weighted by molar-refractivity contribution is 5.26. The molecule has 0 N–H and O–H groups in total. The van der Waals surface area contributed by atoms with Crippen LogP contribution in [0.3, 0.4) is 0 Å². The maximum absolute atomic E-state index is 4.21. The van der Waals surface area contributed by atoms with Crippen LogP contribution in [0.2, 0.25) is 0 Å². The zero-order valence-electron chi connectivity index (χ0n) is 7.10. The van der Waals surface area contributed by atoms with E-state index in [1.54, 1.807) is 12.0 Å². The van der Waals surface area contributed by atoms with Gasteiger partial charge in [-0.15, -0.1) is 0 Å². The highest BCUT2D eigenvalue weighted by atomic mass is 14.6. The molecular weight excluding hydrogens is 132 g/mol. The minimum Gasteiger partial charge on any atom is -0.0993 e. The molecule has 11 heavy (non-hydrogen) atoms. The summed E-state index contributed by atoms with van der Waals surface area (Å²) in [6, 6.07) is 0. The van der Waals surface area contributed by atoms with E-state index in [2.05, 4.69) is 6.58 Å². The minimum atomic E-state index is 0.697. The molecule has 0 aromatic heterocycles. The van der Waals surface area contributed by atoms with Gasteiger partial charge in [-0.3, -0.25) is 0 Å². The smallest absolute Gasteiger partial charge is 0.00568 e. The molecule has 3 fully saturated rings. The fourth-order valence-electron chi connectivity index (χ4n) is 3.81. The van der Waals surface area contributed by atoms with Crippen molar-refractivity contribution in [1.82, 2.24) is 0 Å². The molecule has 2 bridgehead atoms. The number of fused-ring (bicyclic) bond motifs is 3. The number of hydrogen-bond donors (Lipinski definition) is 0. The quantitative estimate of drug-likeness (QED) is 0.463. The predicted molar refractivity (Wildman–Crippen MR) is 46.3 cm³/mol. The summed E-state index contributed by atoms with van der Waals surface area (Å²) in [6.45, 7) is 4.21. The third kappa shape index (κ3) is 0.579. The van der Waals surface area contributed by atoms with E-state index in [0.29, 0.717) is 5.41 Å². The van der Waals surface area contributed by atoms with E-state index in [1.165, 1.54) is 32.1 Å². The highest BCUT2D eigenvalue weighted by Crippen LogP contribution is 2.66. The molecule has 0 aliphatic heterocycles. The summed E-state index contributed by atoms with van der Waals surface area (Å²) in [5.74, 6) is 2.16. The molecule has 0 saturated heterocycles. The Hall–Kier alpha value is -0.260. The van der Waals surface area contributed by atoms with Crippen LogP contribution in [0.25, 0.3) is 0 Å². The summed E-state index contributed by atoms with van der Waals surface area (Å²) >= 11 is 0. The topological polar surface area (TPSA) is 0 Å². The zero-order chi connectivity index (χ0) is 7.47. The van der Waals surface area contributed by atoms with Crippen LogP contribution < -0.4 is 0 Å². The second-order valence-electron chi connectivity index (χ2n) is 4.84. The molecule has 0 nitrogen and oxygen atoms in total. The Morgan fingerprint density at radius 2 is 2.27 bits per heavy atom. The average Bonchev–Trinajstić information content (AvgIpc) is 2.60. The number of allylic oxidation sites excluding steroid dienone is 1. The summed E-state index contributed by atoms with van der Waals surface area (Å²) in [5, 5.41) is 0. The van der Waals surface area contributed by atoms with Gasteiger partial charge in [0, 0.05) is 0 Å². The van der Waals surface area contributed by atoms with Crippen molar-refractivity contribution < 1.29 is 0 Å². The van der Waals surface area contributed by atoms with Crippen LogP contribution in [0.15, 0.2) is 12.2 Å². The van der Waals surface area contributed by atoms with Gasteiger partial charge in [-0.2, -0.15) is 0 Å². The van der Waals surface area contributed by atoms with Gasteiger partial charge in [-0.25, -0.2) is 0 Å². The van der Waals surface area contributed by atoms with E-state index < -0.39 is 0 Å². The molecule has 0 aromatic carbocycles. The highest BCUT2D eigenvalue weighted by Gasteiger charge is 2.55. The molecule has 3 aliphatic rings. The van der Waals surface area contributed by atoms with Crippen molar-refractivity contribution in [2.75, 3.05) is 0 Å². The Morgan fingerprint density at radius 1 is 1.36 bits per heavy atom. The van der Waals surface area contributed by atoms with Crippen molar-refractivity contribution in [3.05, 3.63) is 12.2 Å². The Kier molecular flexibility index (Phi) is 0.987. The molecule has 3 aliphatic carbocycles. The predicted octanol–water partition coefficient (Wildman–Crippen LogP) is 3.14. The van der Waals surface area contributed by atoms with Crippen LogP contribution in [-0.2, 0) is 0 Å². The number of hydrogen-bond acceptors (Lipinski definition) is 0. The Labute approximate surface area is 68.7 Å². The van der Waals surface area contributed by atoms with E-state index in [9.17, 15) is 0 Å². The fourth-order valence-corrected chi connectivity index (χ4v) is 3.81. The van der Waals surface area contributed by atoms with Crippen LogP contribution in [0.5, 0.6) is 0 Å². The first-order valence-corrected chi connectivity index (χ1v) is 4.99. The van der Waals surface area contributed by atoms with Gasteiger partial charge in [0.25, 0.3) is 0 Å². The maximum atomic E-state index is 4.21. The largest absolute Gasteiger partial charge is 0.0993 e. The Balaban J connectivity index is 1.95. The normalized spacial score (nSPS) is 53.6. The Morgan fingerprint density at radius 3 is 2.55 bits per heavy atom. The first-order chi connectivity index (χ1) is 5.31. The summed E-state index contributed by atoms with van der Waals surface area (Å²) in [5.41, 5.74) is 2.30. The summed E-state index contributed by atoms with van der Waals surface area (Å²) in [7, 11) is 0. The van der Waals surface area contributed by atoms with Crippen molar-refractivity contribution >= 4 is 0 Å². The van der Waals surface area contributed by atoms with Gasteiger partial charge >= 0.3 is 0 Å². The molecule has 0 radical (unpaired) electrons. The van der Waals surface area contributed by atoms with Gasteiger partial charge in [-0.1, -0.05) is 18.6 Å². The first kappa shape index (κ1) is 6.28. The molecule has 3 rings (SSSR count). The lowest BCUT2D eigenvalue weighted by Gasteiger charge is -2.48. The monoisotopic (exact) mass is 148 g/mol. The molecule has 60 valence electrons. The molecule has 3 atom stereocenters. The standard InChI is InChI=1S/C11H16/c1-8-4-5-11(8)7-9-2-3-10(11)6-9/h9-10H,1-7H2. The molecular formula is C11H16. The van der Waals surface area contributed by atoms with Crippen molar-refractivity contribution in [1.29, 1.82) is 0 Å². The van der Waals surface area contributed by atoms with Gasteiger partial charge < -0.3 is 0 Å². The zero-order valence-corrected chi connectivity index (χ0v) is 7.10. The third-order valence-electron chi connectivity index (χ3n) is 4.55. The van der Waals surface area contributed by atoms with Crippen LogP contribution in [0.4, 0.5) is 0 Å². The second-order valence-corrected chi connectivity index (χ2v) is 4.84. The molecule has 1 spiro atoms. The van der Waals surface area contributed by atoms with Crippen molar-refractivity contribution in [2.24, 2.45) is 17.3 Å². The van der Waals surface area contributed by atoms with E-state index in [4.69, 9.17) is 0 Å². The van der Waals surface area contributed by atoms with Crippen molar-refractivity contribution in [2.45, 2.75) is 38.5 Å². The lowest BCUT2D eigenvalue weighted by atomic mass is 9.57. The summed E-state index contributed by atoms with van der Waals surface area (Å²) in [4.78, 5) is 0. The lowest BCUT2D eigenvalue weighted by molar-refractivity contribution is 0.137. The van der Waals surface area contributed by atoms with Crippen LogP contribution >= 0.6 is 0 Å². The van der Waals surface area contributed by atoms with Gasteiger partial charge in [0.1, 0.15) is 0 Å². The van der Waals surface area contributed by atoms with Crippen LogP contribution in [0.1, 0.15) is 38.5 Å². The summed E-state index contributed by atoms with van der Waals surface area (Å²) in [6.07, 6.45) is 8.91. The van der Waals surface area contributed by atoms with Gasteiger partial charge in [-0.05, 0) is 49.4 Å². The first-order valence-electron chi connectivity index (χ1n) is 4.99. The van der Waals surface area contributed by atoms with Gasteiger partial charge in [0.15, 0.2) is 0 Å². The molecule has 0 heterocycles. The second kappa shape index (κ2) is 1.73. The van der Waals surface area contributed by atoms with E-state index in [1.807, 2.05) is 0 Å². The molecule has 3 saturated carbocycles. The minimum absolute atomic E-state index is 0.697. The molecule has 0 amide bonds. The van der Waals surface area contributed by atoms with Crippen LogP contribution in [-0.4, -0.2) is 0 Å². The average molecular weight is 148 g/mol. The molecule has 0 heteroatoms. The molecule has 3 unspecified atom stereocenters. The Bertz CT molecular complexity index is 216. The van der Waals surface area contributed by atoms with Crippen molar-refractivity contribution in [3.8, 4) is 0 Å². The lowest BCUT2D eigenvalue weighted by Crippen LogP contribution is -2.37. The van der Waals surface area contributed by atoms with E-state index in [0.717, 1.165) is 11.8 Å². The van der Waals surface area contributed by atoms with E-state index >= 15 is 0 Å². The molecule has 0 aromatic rings. The fraction of sp³-hybridized carbons (Fsp3) is 0.818. The number of rotatable bonds is 0. The van der Waals surface area contributed by atoms with Gasteiger partial charge in [0.2, 0.25) is 0 Å². The SMILES string of the molecule is C=C1CCC12CC1CCC2C1. The van der Waals surface area contributed by atoms with E-state index in [-0.39, 0.29) is 0 Å². The maximum Gasteiger partial charge on any atom is -0.00568 e.